The van der Waals surface area contributed by atoms with E-state index in [9.17, 15) is 4.79 Å². The molecule has 0 saturated heterocycles. The third-order valence-electron chi connectivity index (χ3n) is 3.25. The number of nitrogens with zero attached hydrogens (tertiary/aromatic N) is 2. The summed E-state index contributed by atoms with van der Waals surface area (Å²) in [7, 11) is 0. The minimum absolute atomic E-state index is 0.0229. The summed E-state index contributed by atoms with van der Waals surface area (Å²) in [6.45, 7) is 1.91. The number of hydrogen-bond donors (Lipinski definition) is 1. The molecule has 0 spiro atoms. The molecule has 0 amide bonds. The molecule has 0 aliphatic heterocycles. The Kier molecular flexibility index (Phi) is 4.39. The molecule has 0 aliphatic carbocycles. The van der Waals surface area contributed by atoms with E-state index in [1.54, 1.807) is 24.3 Å². The first kappa shape index (κ1) is 15.2. The molecule has 1 heterocycles. The third-order valence-corrected chi connectivity index (χ3v) is 3.49. The van der Waals surface area contributed by atoms with Crippen molar-refractivity contribution in [1.82, 2.24) is 10.2 Å². The maximum absolute atomic E-state index is 11.4. The lowest BCUT2D eigenvalue weighted by atomic mass is 10.1. The first-order valence-corrected chi connectivity index (χ1v) is 7.43. The van der Waals surface area contributed by atoms with Crippen LogP contribution in [0.4, 0.5) is 5.69 Å². The fourth-order valence-electron chi connectivity index (χ4n) is 2.09. The summed E-state index contributed by atoms with van der Waals surface area (Å²) in [4.78, 5) is 11.4. The Morgan fingerprint density at radius 1 is 1.17 bits per heavy atom. The highest BCUT2D eigenvalue weighted by Gasteiger charge is 2.09. The molecule has 3 rings (SSSR count). The highest BCUT2D eigenvalue weighted by Crippen LogP contribution is 2.21. The zero-order valence-corrected chi connectivity index (χ0v) is 13.2. The molecule has 5 nitrogen and oxygen atoms in total. The number of halogens is 1. The highest BCUT2D eigenvalue weighted by atomic mass is 35.5. The second-order valence-corrected chi connectivity index (χ2v) is 5.44. The molecule has 0 fully saturated rings. The lowest BCUT2D eigenvalue weighted by Gasteiger charge is -2.04. The van der Waals surface area contributed by atoms with E-state index in [0.29, 0.717) is 28.9 Å². The lowest BCUT2D eigenvalue weighted by Crippen LogP contribution is -2.01. The van der Waals surface area contributed by atoms with Crippen molar-refractivity contribution < 1.29 is 9.21 Å². The van der Waals surface area contributed by atoms with Crippen LogP contribution in [0, 0.1) is 0 Å². The topological polar surface area (TPSA) is 68.0 Å². The molecular weight excluding hydrogens is 314 g/mol. The summed E-state index contributed by atoms with van der Waals surface area (Å²) in [5.41, 5.74) is 2.25. The fourth-order valence-corrected chi connectivity index (χ4v) is 2.28. The van der Waals surface area contributed by atoms with Gasteiger partial charge in [-0.3, -0.25) is 4.79 Å². The zero-order valence-electron chi connectivity index (χ0n) is 12.4. The van der Waals surface area contributed by atoms with Crippen LogP contribution in [-0.4, -0.2) is 16.0 Å². The zero-order chi connectivity index (χ0) is 16.2. The second kappa shape index (κ2) is 6.62. The van der Waals surface area contributed by atoms with Crippen LogP contribution in [0.2, 0.25) is 5.02 Å². The molecule has 6 heteroatoms. The number of anilines is 1. The van der Waals surface area contributed by atoms with Crippen molar-refractivity contribution in [3.8, 4) is 11.5 Å². The van der Waals surface area contributed by atoms with Crippen LogP contribution in [0.15, 0.2) is 52.9 Å². The average Bonchev–Trinajstić information content (AvgIpc) is 3.02. The van der Waals surface area contributed by atoms with E-state index >= 15 is 0 Å². The van der Waals surface area contributed by atoms with Gasteiger partial charge in [0.15, 0.2) is 5.78 Å². The van der Waals surface area contributed by atoms with Crippen LogP contribution in [0.1, 0.15) is 23.2 Å². The molecule has 1 N–H and O–H groups in total. The van der Waals surface area contributed by atoms with Gasteiger partial charge in [-0.25, -0.2) is 0 Å². The van der Waals surface area contributed by atoms with Crippen LogP contribution in [0.25, 0.3) is 11.5 Å². The first-order chi connectivity index (χ1) is 11.1. The summed E-state index contributed by atoms with van der Waals surface area (Å²) in [5.74, 6) is 0.893. The number of carbonyl (C=O) groups excluding carboxylic acids is 1. The minimum atomic E-state index is 0.0229. The van der Waals surface area contributed by atoms with Gasteiger partial charge in [0.2, 0.25) is 11.8 Å². The molecule has 0 unspecified atom stereocenters. The predicted octanol–water partition coefficient (Wildman–Crippen LogP) is 4.20. The number of aromatic nitrogens is 2. The molecule has 0 aliphatic rings. The van der Waals surface area contributed by atoms with E-state index in [2.05, 4.69) is 15.5 Å². The Bertz CT molecular complexity index is 845. The van der Waals surface area contributed by atoms with E-state index in [-0.39, 0.29) is 5.78 Å². The summed E-state index contributed by atoms with van der Waals surface area (Å²) in [6, 6.07) is 14.5. The van der Waals surface area contributed by atoms with Crippen molar-refractivity contribution in [2.45, 2.75) is 13.5 Å². The van der Waals surface area contributed by atoms with Crippen molar-refractivity contribution in [2.75, 3.05) is 5.32 Å². The van der Waals surface area contributed by atoms with Crippen LogP contribution < -0.4 is 5.32 Å². The number of nitrogens with one attached hydrogen (secondary N) is 1. The quantitative estimate of drug-likeness (QED) is 0.711. The van der Waals surface area contributed by atoms with Gasteiger partial charge in [0, 0.05) is 21.8 Å². The van der Waals surface area contributed by atoms with Crippen LogP contribution in [-0.2, 0) is 6.54 Å². The van der Waals surface area contributed by atoms with Gasteiger partial charge in [-0.05, 0) is 37.3 Å². The summed E-state index contributed by atoms with van der Waals surface area (Å²) >= 11 is 5.95. The molecule has 116 valence electrons. The van der Waals surface area contributed by atoms with Crippen LogP contribution >= 0.6 is 11.6 Å². The Hall–Kier alpha value is -2.66. The van der Waals surface area contributed by atoms with Crippen molar-refractivity contribution in [1.29, 1.82) is 0 Å². The monoisotopic (exact) mass is 327 g/mol. The van der Waals surface area contributed by atoms with Crippen molar-refractivity contribution in [3.05, 3.63) is 65.0 Å². The maximum Gasteiger partial charge on any atom is 0.247 e. The smallest absolute Gasteiger partial charge is 0.247 e. The van der Waals surface area contributed by atoms with Gasteiger partial charge >= 0.3 is 0 Å². The Labute approximate surface area is 138 Å². The first-order valence-electron chi connectivity index (χ1n) is 7.05. The molecule has 0 atom stereocenters. The standard InChI is InChI=1S/C17H14ClN3O2/c1-11(22)12-4-3-7-15(9-12)19-10-16-20-21-17(23-16)13-5-2-6-14(18)8-13/h2-9,19H,10H2,1H3. The number of hydrogen-bond acceptors (Lipinski definition) is 5. The summed E-state index contributed by atoms with van der Waals surface area (Å²) in [6.07, 6.45) is 0. The van der Waals surface area contributed by atoms with Crippen LogP contribution in [0.3, 0.4) is 0 Å². The Morgan fingerprint density at radius 2 is 2.00 bits per heavy atom. The number of ketones is 1. The summed E-state index contributed by atoms with van der Waals surface area (Å²) < 4.78 is 5.61. The number of rotatable bonds is 5. The van der Waals surface area contributed by atoms with Gasteiger partial charge in [-0.15, -0.1) is 10.2 Å². The number of benzene rings is 2. The highest BCUT2D eigenvalue weighted by molar-refractivity contribution is 6.30. The lowest BCUT2D eigenvalue weighted by molar-refractivity contribution is 0.101. The Morgan fingerprint density at radius 3 is 2.78 bits per heavy atom. The normalized spacial score (nSPS) is 10.5. The summed E-state index contributed by atoms with van der Waals surface area (Å²) in [5, 5.41) is 11.8. The largest absolute Gasteiger partial charge is 0.419 e. The van der Waals surface area contributed by atoms with Gasteiger partial charge < -0.3 is 9.73 Å². The minimum Gasteiger partial charge on any atom is -0.419 e. The van der Waals surface area contributed by atoms with Gasteiger partial charge in [0.1, 0.15) is 0 Å². The molecule has 0 saturated carbocycles. The van der Waals surface area contributed by atoms with Crippen LogP contribution in [0.5, 0.6) is 0 Å². The van der Waals surface area contributed by atoms with E-state index in [0.717, 1.165) is 11.3 Å². The number of Topliss-reactive ketones (excluding diaryl/α,β-unsaturated/α-hetero) is 1. The predicted molar refractivity (Wildman–Crippen MR) is 88.5 cm³/mol. The van der Waals surface area contributed by atoms with Crippen molar-refractivity contribution >= 4 is 23.1 Å². The van der Waals surface area contributed by atoms with Crippen molar-refractivity contribution in [3.63, 3.8) is 0 Å². The second-order valence-electron chi connectivity index (χ2n) is 5.00. The average molecular weight is 328 g/mol. The third kappa shape index (κ3) is 3.76. The van der Waals surface area contributed by atoms with Crippen molar-refractivity contribution in [2.24, 2.45) is 0 Å². The molecule has 23 heavy (non-hydrogen) atoms. The number of carbonyl (C=O) groups is 1. The molecule has 0 radical (unpaired) electrons. The Balaban J connectivity index is 1.70. The molecule has 2 aromatic carbocycles. The maximum atomic E-state index is 11.4. The van der Waals surface area contributed by atoms with E-state index in [1.165, 1.54) is 6.92 Å². The van der Waals surface area contributed by atoms with Gasteiger partial charge in [-0.1, -0.05) is 29.8 Å². The molecule has 0 bridgehead atoms. The van der Waals surface area contributed by atoms with E-state index in [1.807, 2.05) is 24.3 Å². The van der Waals surface area contributed by atoms with Gasteiger partial charge in [0.25, 0.3) is 0 Å². The fraction of sp³-hybridized carbons (Fsp3) is 0.118. The SMILES string of the molecule is CC(=O)c1cccc(NCc2nnc(-c3cccc(Cl)c3)o2)c1. The molecular formula is C17H14ClN3O2. The van der Waals surface area contributed by atoms with E-state index < -0.39 is 0 Å². The molecule has 3 aromatic rings. The molecule has 1 aromatic heterocycles. The van der Waals surface area contributed by atoms with E-state index in [4.69, 9.17) is 16.0 Å². The van der Waals surface area contributed by atoms with Gasteiger partial charge in [0.05, 0.1) is 6.54 Å². The van der Waals surface area contributed by atoms with Gasteiger partial charge in [-0.2, -0.15) is 0 Å².